The number of pyridine rings is 2. The van der Waals surface area contributed by atoms with Gasteiger partial charge in [-0.25, -0.2) is 9.97 Å². The third-order valence-electron chi connectivity index (χ3n) is 5.58. The van der Waals surface area contributed by atoms with Gasteiger partial charge in [-0.3, -0.25) is 9.78 Å². The fourth-order valence-corrected chi connectivity index (χ4v) is 5.15. The molecule has 30 heavy (non-hydrogen) atoms. The van der Waals surface area contributed by atoms with Crippen LogP contribution in [0.25, 0.3) is 31.6 Å². The predicted molar refractivity (Wildman–Crippen MR) is 116 cm³/mol. The van der Waals surface area contributed by atoms with Crippen molar-refractivity contribution in [1.82, 2.24) is 29.4 Å². The molecule has 0 radical (unpaired) electrons. The van der Waals surface area contributed by atoms with E-state index in [1.807, 2.05) is 42.5 Å². The van der Waals surface area contributed by atoms with Crippen LogP contribution in [0.4, 0.5) is 0 Å². The van der Waals surface area contributed by atoms with E-state index in [-0.39, 0.29) is 5.91 Å². The van der Waals surface area contributed by atoms with Gasteiger partial charge in [0.25, 0.3) is 5.91 Å². The molecule has 0 aliphatic carbocycles. The van der Waals surface area contributed by atoms with Crippen LogP contribution in [0.2, 0.25) is 0 Å². The number of hydrogen-bond acceptors (Lipinski definition) is 5. The highest BCUT2D eigenvalue weighted by Crippen LogP contribution is 2.36. The van der Waals surface area contributed by atoms with Gasteiger partial charge in [0.15, 0.2) is 0 Å². The minimum absolute atomic E-state index is 0.0102. The van der Waals surface area contributed by atoms with Gasteiger partial charge >= 0.3 is 0 Å². The quantitative estimate of drug-likeness (QED) is 0.473. The van der Waals surface area contributed by atoms with E-state index in [1.54, 1.807) is 23.7 Å². The molecule has 0 unspecified atom stereocenters. The molecule has 0 aromatic carbocycles. The van der Waals surface area contributed by atoms with Crippen molar-refractivity contribution in [2.45, 2.75) is 20.0 Å². The van der Waals surface area contributed by atoms with Gasteiger partial charge in [-0.2, -0.15) is 0 Å². The van der Waals surface area contributed by atoms with E-state index in [4.69, 9.17) is 0 Å². The van der Waals surface area contributed by atoms with Crippen molar-refractivity contribution in [3.8, 4) is 10.4 Å². The van der Waals surface area contributed by atoms with Crippen LogP contribution in [-0.2, 0) is 13.1 Å². The molecule has 0 bridgehead atoms. The average Bonchev–Trinajstić information content (AvgIpc) is 3.46. The number of carbonyl (C=O) groups is 1. The topological polar surface area (TPSA) is 79.7 Å². The summed E-state index contributed by atoms with van der Waals surface area (Å²) in [5.74, 6) is 0.923. The molecule has 5 aromatic heterocycles. The number of nitrogens with zero attached hydrogens (tertiary/aromatic N) is 5. The molecule has 8 heteroatoms. The maximum Gasteiger partial charge on any atom is 0.255 e. The first-order valence-electron chi connectivity index (χ1n) is 9.79. The molecule has 1 aliphatic rings. The highest BCUT2D eigenvalue weighted by atomic mass is 32.1. The third kappa shape index (κ3) is 2.72. The predicted octanol–water partition coefficient (Wildman–Crippen LogP) is 4.00. The second-order valence-corrected chi connectivity index (χ2v) is 8.65. The number of rotatable bonds is 2. The summed E-state index contributed by atoms with van der Waals surface area (Å²) in [6.07, 6.45) is 9.35. The molecule has 1 aliphatic heterocycles. The van der Waals surface area contributed by atoms with Crippen molar-refractivity contribution >= 4 is 38.4 Å². The van der Waals surface area contributed by atoms with E-state index in [0.29, 0.717) is 18.7 Å². The van der Waals surface area contributed by atoms with Crippen molar-refractivity contribution in [3.05, 3.63) is 66.3 Å². The number of thiophene rings is 1. The minimum Gasteiger partial charge on any atom is -0.345 e. The van der Waals surface area contributed by atoms with Gasteiger partial charge < -0.3 is 14.5 Å². The van der Waals surface area contributed by atoms with Crippen LogP contribution >= 0.6 is 11.3 Å². The monoisotopic (exact) mass is 414 g/mol. The largest absolute Gasteiger partial charge is 0.345 e. The molecule has 0 atom stereocenters. The lowest BCUT2D eigenvalue weighted by atomic mass is 10.1. The van der Waals surface area contributed by atoms with Gasteiger partial charge in [0.05, 0.1) is 22.5 Å². The van der Waals surface area contributed by atoms with Gasteiger partial charge in [0.2, 0.25) is 0 Å². The minimum atomic E-state index is -0.0102. The van der Waals surface area contributed by atoms with E-state index < -0.39 is 0 Å². The molecular formula is C22H18N6OS. The standard InChI is InChI=1S/C22H18N6OS/c1-13-11-27-4-5-28(12-20(27)26-13)22(29)15-6-16-17(9-25-21(16)24-8-15)18-7-14-2-3-23-10-19(14)30-18/h2-3,6-11H,4-5,12H2,1H3,(H,24,25). The van der Waals surface area contributed by atoms with Crippen molar-refractivity contribution < 1.29 is 4.79 Å². The molecular weight excluding hydrogens is 396 g/mol. The second-order valence-electron chi connectivity index (χ2n) is 7.57. The highest BCUT2D eigenvalue weighted by Gasteiger charge is 2.24. The first-order chi connectivity index (χ1) is 14.7. The van der Waals surface area contributed by atoms with Crippen LogP contribution in [0.3, 0.4) is 0 Å². The number of aromatic nitrogens is 5. The van der Waals surface area contributed by atoms with Gasteiger partial charge in [0.1, 0.15) is 11.5 Å². The van der Waals surface area contributed by atoms with E-state index in [9.17, 15) is 4.79 Å². The molecule has 6 heterocycles. The average molecular weight is 414 g/mol. The zero-order valence-electron chi connectivity index (χ0n) is 16.3. The first kappa shape index (κ1) is 17.3. The van der Waals surface area contributed by atoms with Crippen LogP contribution in [-0.4, -0.2) is 41.9 Å². The molecule has 0 fully saturated rings. The molecule has 148 valence electrons. The van der Waals surface area contributed by atoms with Crippen LogP contribution in [0.1, 0.15) is 21.9 Å². The number of imidazole rings is 1. The Bertz CT molecular complexity index is 1400. The van der Waals surface area contributed by atoms with Crippen LogP contribution in [0, 0.1) is 6.92 Å². The van der Waals surface area contributed by atoms with Crippen molar-refractivity contribution in [2.24, 2.45) is 0 Å². The van der Waals surface area contributed by atoms with Crippen molar-refractivity contribution in [1.29, 1.82) is 0 Å². The number of carbonyl (C=O) groups excluding carboxylic acids is 1. The van der Waals surface area contributed by atoms with Crippen LogP contribution in [0.15, 0.2) is 49.2 Å². The number of nitrogens with one attached hydrogen (secondary N) is 1. The Morgan fingerprint density at radius 2 is 2.17 bits per heavy atom. The molecule has 0 saturated carbocycles. The van der Waals surface area contributed by atoms with E-state index in [1.165, 1.54) is 5.39 Å². The zero-order valence-corrected chi connectivity index (χ0v) is 17.1. The van der Waals surface area contributed by atoms with E-state index in [0.717, 1.165) is 44.2 Å². The van der Waals surface area contributed by atoms with E-state index in [2.05, 4.69) is 30.6 Å². The number of aryl methyl sites for hydroxylation is 1. The van der Waals surface area contributed by atoms with Gasteiger partial charge in [-0.05, 0) is 30.5 Å². The molecule has 0 saturated heterocycles. The van der Waals surface area contributed by atoms with Crippen molar-refractivity contribution in [2.75, 3.05) is 6.54 Å². The fourth-order valence-electron chi connectivity index (χ4n) is 4.09. The summed E-state index contributed by atoms with van der Waals surface area (Å²) in [5, 5.41) is 2.12. The normalized spacial score (nSPS) is 13.8. The number of H-pyrrole nitrogens is 1. The molecule has 7 nitrogen and oxygen atoms in total. The highest BCUT2D eigenvalue weighted by molar-refractivity contribution is 7.22. The Morgan fingerprint density at radius 1 is 1.23 bits per heavy atom. The Labute approximate surface area is 176 Å². The summed E-state index contributed by atoms with van der Waals surface area (Å²) in [4.78, 5) is 32.7. The number of hydrogen-bond donors (Lipinski definition) is 1. The van der Waals surface area contributed by atoms with Gasteiger partial charge in [0, 0.05) is 59.9 Å². The lowest BCUT2D eigenvalue weighted by Gasteiger charge is -2.27. The van der Waals surface area contributed by atoms with Crippen LogP contribution in [0.5, 0.6) is 0 Å². The van der Waals surface area contributed by atoms with Crippen molar-refractivity contribution in [3.63, 3.8) is 0 Å². The Hall–Kier alpha value is -3.52. The number of aromatic amines is 1. The zero-order chi connectivity index (χ0) is 20.2. The Morgan fingerprint density at radius 3 is 3.07 bits per heavy atom. The maximum absolute atomic E-state index is 13.2. The molecule has 1 amide bonds. The second kappa shape index (κ2) is 6.50. The smallest absolute Gasteiger partial charge is 0.255 e. The summed E-state index contributed by atoms with van der Waals surface area (Å²) >= 11 is 1.69. The summed E-state index contributed by atoms with van der Waals surface area (Å²) in [5.41, 5.74) is 3.42. The Balaban J connectivity index is 1.37. The molecule has 6 rings (SSSR count). The summed E-state index contributed by atoms with van der Waals surface area (Å²) < 4.78 is 3.27. The Kier molecular flexibility index (Phi) is 3.76. The SMILES string of the molecule is Cc1cn2c(n1)CN(C(=O)c1cnc3[nH]cc(-c4cc5ccncc5s4)c3c1)CC2. The lowest BCUT2D eigenvalue weighted by molar-refractivity contribution is 0.0707. The summed E-state index contributed by atoms with van der Waals surface area (Å²) in [7, 11) is 0. The summed E-state index contributed by atoms with van der Waals surface area (Å²) in [6.45, 7) is 3.94. The number of amides is 1. The fraction of sp³-hybridized carbons (Fsp3) is 0.182. The van der Waals surface area contributed by atoms with Crippen LogP contribution < -0.4 is 0 Å². The third-order valence-corrected chi connectivity index (χ3v) is 6.70. The van der Waals surface area contributed by atoms with Gasteiger partial charge in [-0.1, -0.05) is 0 Å². The van der Waals surface area contributed by atoms with Gasteiger partial charge in [-0.15, -0.1) is 11.3 Å². The molecule has 1 N–H and O–H groups in total. The lowest BCUT2D eigenvalue weighted by Crippen LogP contribution is -2.38. The summed E-state index contributed by atoms with van der Waals surface area (Å²) in [6, 6.07) is 6.12. The first-order valence-corrected chi connectivity index (χ1v) is 10.6. The maximum atomic E-state index is 13.2. The van der Waals surface area contributed by atoms with E-state index >= 15 is 0 Å². The molecule has 0 spiro atoms. The molecule has 5 aromatic rings. The number of fused-ring (bicyclic) bond motifs is 3.